The molecule has 17 heavy (non-hydrogen) atoms. The molecule has 0 saturated carbocycles. The first-order valence-electron chi connectivity index (χ1n) is 5.70. The third-order valence-electron chi connectivity index (χ3n) is 2.81. The molecule has 1 aromatic carbocycles. The average Bonchev–Trinajstić information content (AvgIpc) is 2.33. The summed E-state index contributed by atoms with van der Waals surface area (Å²) in [7, 11) is 0. The summed E-state index contributed by atoms with van der Waals surface area (Å²) in [4.78, 5) is 24.4. The first kappa shape index (κ1) is 11.6. The molecule has 0 aliphatic carbocycles. The highest BCUT2D eigenvalue weighted by Gasteiger charge is 2.22. The summed E-state index contributed by atoms with van der Waals surface area (Å²) in [6, 6.07) is 7.31. The lowest BCUT2D eigenvalue weighted by atomic mass is 10.1. The van der Waals surface area contributed by atoms with E-state index in [0.29, 0.717) is 31.7 Å². The van der Waals surface area contributed by atoms with Crippen molar-refractivity contribution in [2.45, 2.75) is 19.8 Å². The van der Waals surface area contributed by atoms with Gasteiger partial charge < -0.3 is 9.64 Å². The van der Waals surface area contributed by atoms with Gasteiger partial charge in [0.05, 0.1) is 0 Å². The van der Waals surface area contributed by atoms with Crippen molar-refractivity contribution in [2.24, 2.45) is 0 Å². The van der Waals surface area contributed by atoms with Crippen molar-refractivity contribution in [1.29, 1.82) is 0 Å². The van der Waals surface area contributed by atoms with Crippen molar-refractivity contribution >= 4 is 11.9 Å². The predicted octanol–water partition coefficient (Wildman–Crippen LogP) is 2.16. The van der Waals surface area contributed by atoms with Crippen LogP contribution in [-0.2, 0) is 4.79 Å². The average molecular weight is 233 g/mol. The summed E-state index contributed by atoms with van der Waals surface area (Å²) in [5.74, 6) is 0.752. The second-order valence-corrected chi connectivity index (χ2v) is 4.21. The largest absolute Gasteiger partial charge is 0.415 e. The standard InChI is InChI=1S/C13H15NO3/c1-10-2-4-12(5-3-10)17-13(16)14-8-6-11(15)7-9-14/h2-5H,6-9H2,1H3. The van der Waals surface area contributed by atoms with Crippen molar-refractivity contribution in [1.82, 2.24) is 4.90 Å². The Balaban J connectivity index is 1.92. The predicted molar refractivity (Wildman–Crippen MR) is 63.0 cm³/mol. The van der Waals surface area contributed by atoms with Crippen molar-refractivity contribution in [2.75, 3.05) is 13.1 Å². The summed E-state index contributed by atoms with van der Waals surface area (Å²) >= 11 is 0. The Kier molecular flexibility index (Phi) is 3.42. The molecule has 1 amide bonds. The van der Waals surface area contributed by atoms with E-state index in [0.717, 1.165) is 5.56 Å². The number of aryl methyl sites for hydroxylation is 1. The van der Waals surface area contributed by atoms with Gasteiger partial charge in [-0.1, -0.05) is 17.7 Å². The molecular weight excluding hydrogens is 218 g/mol. The van der Waals surface area contributed by atoms with Crippen LogP contribution in [-0.4, -0.2) is 29.9 Å². The maximum Gasteiger partial charge on any atom is 0.415 e. The first-order chi connectivity index (χ1) is 8.15. The molecular formula is C13H15NO3. The number of ketones is 1. The lowest BCUT2D eigenvalue weighted by Gasteiger charge is -2.24. The number of Topliss-reactive ketones (excluding diaryl/α,β-unsaturated/α-hetero) is 1. The Morgan fingerprint density at radius 1 is 1.18 bits per heavy atom. The fraction of sp³-hybridized carbons (Fsp3) is 0.385. The van der Waals surface area contributed by atoms with Crippen LogP contribution in [0.15, 0.2) is 24.3 Å². The Bertz CT molecular complexity index is 415. The molecule has 1 aromatic rings. The number of piperidine rings is 1. The highest BCUT2D eigenvalue weighted by molar-refractivity contribution is 5.81. The quantitative estimate of drug-likeness (QED) is 0.746. The van der Waals surface area contributed by atoms with E-state index in [2.05, 4.69) is 0 Å². The Morgan fingerprint density at radius 2 is 1.76 bits per heavy atom. The number of carbonyl (C=O) groups excluding carboxylic acids is 2. The summed E-state index contributed by atoms with van der Waals surface area (Å²) in [5, 5.41) is 0. The van der Waals surface area contributed by atoms with Crippen LogP contribution in [0.2, 0.25) is 0 Å². The fourth-order valence-corrected chi connectivity index (χ4v) is 1.71. The second kappa shape index (κ2) is 4.99. The van der Waals surface area contributed by atoms with Crippen LogP contribution in [0.1, 0.15) is 18.4 Å². The van der Waals surface area contributed by atoms with E-state index < -0.39 is 0 Å². The number of likely N-dealkylation sites (tertiary alicyclic amines) is 1. The summed E-state index contributed by atoms with van der Waals surface area (Å²) in [5.41, 5.74) is 1.12. The molecule has 0 unspecified atom stereocenters. The van der Waals surface area contributed by atoms with Gasteiger partial charge in [0.25, 0.3) is 0 Å². The highest BCUT2D eigenvalue weighted by Crippen LogP contribution is 2.14. The molecule has 4 heteroatoms. The van der Waals surface area contributed by atoms with Gasteiger partial charge in [0.15, 0.2) is 0 Å². The maximum atomic E-state index is 11.8. The van der Waals surface area contributed by atoms with Gasteiger partial charge in [-0.2, -0.15) is 0 Å². The monoisotopic (exact) mass is 233 g/mol. The van der Waals surface area contributed by atoms with Crippen LogP contribution < -0.4 is 4.74 Å². The zero-order chi connectivity index (χ0) is 12.3. The number of nitrogens with zero attached hydrogens (tertiary/aromatic N) is 1. The van der Waals surface area contributed by atoms with E-state index in [-0.39, 0.29) is 11.9 Å². The van der Waals surface area contributed by atoms with Crippen LogP contribution in [0.25, 0.3) is 0 Å². The van der Waals surface area contributed by atoms with Gasteiger partial charge in [-0.15, -0.1) is 0 Å². The van der Waals surface area contributed by atoms with E-state index in [1.165, 1.54) is 0 Å². The molecule has 0 N–H and O–H groups in total. The van der Waals surface area contributed by atoms with Gasteiger partial charge in [-0.05, 0) is 19.1 Å². The van der Waals surface area contributed by atoms with Gasteiger partial charge in [-0.3, -0.25) is 4.79 Å². The van der Waals surface area contributed by atoms with Crippen LogP contribution in [0.4, 0.5) is 4.79 Å². The lowest BCUT2D eigenvalue weighted by molar-refractivity contribution is -0.121. The summed E-state index contributed by atoms with van der Waals surface area (Å²) in [6.07, 6.45) is 0.493. The molecule has 1 heterocycles. The first-order valence-corrected chi connectivity index (χ1v) is 5.70. The van der Waals surface area contributed by atoms with E-state index in [9.17, 15) is 9.59 Å². The van der Waals surface area contributed by atoms with Crippen molar-refractivity contribution in [3.63, 3.8) is 0 Å². The minimum atomic E-state index is -0.374. The number of ether oxygens (including phenoxy) is 1. The smallest absolute Gasteiger partial charge is 0.410 e. The Hall–Kier alpha value is -1.84. The molecule has 0 bridgehead atoms. The Morgan fingerprint density at radius 3 is 2.35 bits per heavy atom. The van der Waals surface area contributed by atoms with E-state index in [1.54, 1.807) is 17.0 Å². The molecule has 0 spiro atoms. The molecule has 0 radical (unpaired) electrons. The van der Waals surface area contributed by atoms with Crippen LogP contribution in [0.5, 0.6) is 5.75 Å². The molecule has 90 valence electrons. The van der Waals surface area contributed by atoms with Crippen molar-refractivity contribution in [3.8, 4) is 5.75 Å². The van der Waals surface area contributed by atoms with Gasteiger partial charge in [0.2, 0.25) is 0 Å². The fourth-order valence-electron chi connectivity index (χ4n) is 1.71. The topological polar surface area (TPSA) is 46.6 Å². The number of carbonyl (C=O) groups is 2. The third-order valence-corrected chi connectivity index (χ3v) is 2.81. The highest BCUT2D eigenvalue weighted by atomic mass is 16.6. The van der Waals surface area contributed by atoms with Crippen LogP contribution in [0, 0.1) is 6.92 Å². The minimum Gasteiger partial charge on any atom is -0.410 e. The molecule has 2 rings (SSSR count). The number of amides is 1. The molecule has 1 fully saturated rings. The number of rotatable bonds is 1. The van der Waals surface area contributed by atoms with Gasteiger partial charge in [-0.25, -0.2) is 4.79 Å². The van der Waals surface area contributed by atoms with Gasteiger partial charge in [0.1, 0.15) is 11.5 Å². The molecule has 4 nitrogen and oxygen atoms in total. The van der Waals surface area contributed by atoms with E-state index >= 15 is 0 Å². The third kappa shape index (κ3) is 3.06. The molecule has 1 saturated heterocycles. The van der Waals surface area contributed by atoms with Crippen molar-refractivity contribution in [3.05, 3.63) is 29.8 Å². The lowest BCUT2D eigenvalue weighted by Crippen LogP contribution is -2.40. The zero-order valence-corrected chi connectivity index (χ0v) is 9.81. The normalized spacial score (nSPS) is 15.8. The Labute approximate surface area is 100 Å². The molecule has 1 aliphatic rings. The molecule has 1 aliphatic heterocycles. The molecule has 0 aromatic heterocycles. The molecule has 0 atom stereocenters. The van der Waals surface area contributed by atoms with Crippen molar-refractivity contribution < 1.29 is 14.3 Å². The second-order valence-electron chi connectivity index (χ2n) is 4.21. The minimum absolute atomic E-state index is 0.212. The van der Waals surface area contributed by atoms with Gasteiger partial charge in [0, 0.05) is 25.9 Å². The number of hydrogen-bond acceptors (Lipinski definition) is 3. The zero-order valence-electron chi connectivity index (χ0n) is 9.81. The van der Waals surface area contributed by atoms with Crippen LogP contribution in [0.3, 0.4) is 0 Å². The summed E-state index contributed by atoms with van der Waals surface area (Å²) < 4.78 is 5.22. The number of hydrogen-bond donors (Lipinski definition) is 0. The van der Waals surface area contributed by atoms with Crippen LogP contribution >= 0.6 is 0 Å². The SMILES string of the molecule is Cc1ccc(OC(=O)N2CCC(=O)CC2)cc1. The van der Waals surface area contributed by atoms with E-state index in [4.69, 9.17) is 4.74 Å². The summed E-state index contributed by atoms with van der Waals surface area (Å²) in [6.45, 7) is 2.90. The van der Waals surface area contributed by atoms with Gasteiger partial charge >= 0.3 is 6.09 Å². The van der Waals surface area contributed by atoms with E-state index in [1.807, 2.05) is 19.1 Å². The number of benzene rings is 1. The maximum absolute atomic E-state index is 11.8.